The lowest BCUT2D eigenvalue weighted by molar-refractivity contribution is -0.163. The molecule has 0 unspecified atom stereocenters. The number of carbonyl (C=O) groups excluding carboxylic acids is 2. The molecule has 1 aromatic heterocycles. The number of piperazine rings is 1. The van der Waals surface area contributed by atoms with Gasteiger partial charge in [0.15, 0.2) is 0 Å². The standard InChI is InChI=1S/C30H49N5O3.ClH/c1-4-5-17-34-27(36)26(20-29(38)13-9-6-10-14-29)31-28(37)30(34)15-18-33(19-16-30)21-25-22(2)32-35(23(25)3)24-11-7-8-12-24;/h24,26,38H,4-21H2,1-3H3,(H,31,37);1H/t26-;/m1./s1. The summed E-state index contributed by atoms with van der Waals surface area (Å²) in [5.74, 6) is -0.00583. The monoisotopic (exact) mass is 563 g/mol. The number of aryl methyl sites for hydroxylation is 1. The number of hydrogen-bond donors (Lipinski definition) is 2. The van der Waals surface area contributed by atoms with E-state index in [0.717, 1.165) is 70.3 Å². The molecule has 2 N–H and O–H groups in total. The summed E-state index contributed by atoms with van der Waals surface area (Å²) in [4.78, 5) is 31.9. The van der Waals surface area contributed by atoms with E-state index in [1.807, 2.05) is 4.90 Å². The zero-order valence-corrected chi connectivity index (χ0v) is 25.2. The predicted molar refractivity (Wildman–Crippen MR) is 155 cm³/mol. The Bertz CT molecular complexity index is 1010. The molecule has 2 saturated heterocycles. The van der Waals surface area contributed by atoms with Gasteiger partial charge in [-0.1, -0.05) is 45.4 Å². The molecular formula is C30H50ClN5O3. The summed E-state index contributed by atoms with van der Waals surface area (Å²) in [6.45, 7) is 9.49. The van der Waals surface area contributed by atoms with Gasteiger partial charge in [0.1, 0.15) is 11.6 Å². The number of hydrogen-bond acceptors (Lipinski definition) is 5. The normalized spacial score (nSPS) is 25.6. The summed E-state index contributed by atoms with van der Waals surface area (Å²) >= 11 is 0. The molecule has 3 heterocycles. The Morgan fingerprint density at radius 1 is 1.00 bits per heavy atom. The Labute approximate surface area is 240 Å². The Morgan fingerprint density at radius 3 is 2.31 bits per heavy atom. The first-order chi connectivity index (χ1) is 18.3. The fourth-order valence-corrected chi connectivity index (χ4v) is 7.68. The van der Waals surface area contributed by atoms with Gasteiger partial charge in [-0.2, -0.15) is 5.10 Å². The number of unbranched alkanes of at least 4 members (excludes halogenated alkanes) is 1. The van der Waals surface area contributed by atoms with Crippen LogP contribution in [0.3, 0.4) is 0 Å². The summed E-state index contributed by atoms with van der Waals surface area (Å²) in [5, 5.41) is 19.2. The van der Waals surface area contributed by atoms with Crippen LogP contribution in [0.1, 0.15) is 120 Å². The van der Waals surface area contributed by atoms with E-state index >= 15 is 0 Å². The van der Waals surface area contributed by atoms with Gasteiger partial charge in [-0.3, -0.25) is 19.2 Å². The highest BCUT2D eigenvalue weighted by Crippen LogP contribution is 2.38. The van der Waals surface area contributed by atoms with Crippen molar-refractivity contribution in [3.8, 4) is 0 Å². The van der Waals surface area contributed by atoms with E-state index < -0.39 is 17.2 Å². The third-order valence-electron chi connectivity index (χ3n) is 10.1. The highest BCUT2D eigenvalue weighted by atomic mass is 35.5. The fourth-order valence-electron chi connectivity index (χ4n) is 7.68. The van der Waals surface area contributed by atoms with Crippen molar-refractivity contribution in [3.63, 3.8) is 0 Å². The zero-order valence-electron chi connectivity index (χ0n) is 24.3. The van der Waals surface area contributed by atoms with E-state index in [-0.39, 0.29) is 24.2 Å². The van der Waals surface area contributed by atoms with E-state index in [9.17, 15) is 14.7 Å². The molecule has 1 aromatic rings. The largest absolute Gasteiger partial charge is 0.390 e. The van der Waals surface area contributed by atoms with Gasteiger partial charge in [-0.25, -0.2) is 0 Å². The number of aliphatic hydroxyl groups is 1. The molecule has 1 spiro atoms. The van der Waals surface area contributed by atoms with Gasteiger partial charge in [0, 0.05) is 43.9 Å². The molecule has 9 heteroatoms. The number of amides is 2. The van der Waals surface area contributed by atoms with E-state index in [0.29, 0.717) is 31.8 Å². The van der Waals surface area contributed by atoms with E-state index in [1.165, 1.54) is 36.9 Å². The third kappa shape index (κ3) is 6.03. The highest BCUT2D eigenvalue weighted by Gasteiger charge is 2.54. The molecule has 39 heavy (non-hydrogen) atoms. The Balaban J connectivity index is 0.00000353. The van der Waals surface area contributed by atoms with Crippen LogP contribution in [0.15, 0.2) is 0 Å². The first-order valence-corrected chi connectivity index (χ1v) is 15.4. The number of nitrogens with zero attached hydrogens (tertiary/aromatic N) is 4. The Morgan fingerprint density at radius 2 is 1.67 bits per heavy atom. The Hall–Kier alpha value is -1.64. The average Bonchev–Trinajstić information content (AvgIpc) is 3.53. The van der Waals surface area contributed by atoms with Gasteiger partial charge in [-0.05, 0) is 58.8 Å². The van der Waals surface area contributed by atoms with Gasteiger partial charge >= 0.3 is 0 Å². The molecule has 2 aliphatic carbocycles. The van der Waals surface area contributed by atoms with Crippen molar-refractivity contribution in [3.05, 3.63) is 17.0 Å². The minimum absolute atomic E-state index is 0. The summed E-state index contributed by atoms with van der Waals surface area (Å²) in [6, 6.07) is -0.0754. The van der Waals surface area contributed by atoms with Crippen LogP contribution >= 0.6 is 12.4 Å². The first kappa shape index (κ1) is 30.3. The molecule has 8 nitrogen and oxygen atoms in total. The molecule has 2 aliphatic heterocycles. The molecule has 4 fully saturated rings. The summed E-state index contributed by atoms with van der Waals surface area (Å²) in [6.07, 6.45) is 13.1. The van der Waals surface area contributed by atoms with Gasteiger partial charge in [0.05, 0.1) is 17.3 Å². The first-order valence-electron chi connectivity index (χ1n) is 15.4. The summed E-state index contributed by atoms with van der Waals surface area (Å²) < 4.78 is 2.27. The fraction of sp³-hybridized carbons (Fsp3) is 0.833. The quantitative estimate of drug-likeness (QED) is 0.483. The van der Waals surface area contributed by atoms with Gasteiger partial charge in [0.25, 0.3) is 0 Å². The SMILES string of the molecule is CCCCN1C(=O)[C@@H](CC2(O)CCCCC2)NC(=O)C12CCN(Cc1c(C)nn(C3CCCC3)c1C)CC2.Cl. The maximum Gasteiger partial charge on any atom is 0.246 e. The van der Waals surface area contributed by atoms with Crippen LogP contribution in [0.2, 0.25) is 0 Å². The second-order valence-electron chi connectivity index (χ2n) is 12.7. The van der Waals surface area contributed by atoms with E-state index in [1.54, 1.807) is 0 Å². The number of piperidine rings is 1. The topological polar surface area (TPSA) is 90.7 Å². The molecule has 4 aliphatic rings. The molecule has 2 saturated carbocycles. The van der Waals surface area contributed by atoms with Crippen LogP contribution in [0, 0.1) is 13.8 Å². The van der Waals surface area contributed by atoms with Gasteiger partial charge < -0.3 is 15.3 Å². The second kappa shape index (κ2) is 12.5. The van der Waals surface area contributed by atoms with Crippen molar-refractivity contribution in [2.75, 3.05) is 19.6 Å². The lowest BCUT2D eigenvalue weighted by atomic mass is 9.77. The number of aromatic nitrogens is 2. The summed E-state index contributed by atoms with van der Waals surface area (Å²) in [5.41, 5.74) is 2.11. The molecular weight excluding hydrogens is 514 g/mol. The van der Waals surface area contributed by atoms with Crippen LogP contribution in [0.25, 0.3) is 0 Å². The maximum atomic E-state index is 13.8. The minimum atomic E-state index is -0.838. The van der Waals surface area contributed by atoms with Gasteiger partial charge in [0.2, 0.25) is 11.8 Å². The number of rotatable bonds is 8. The van der Waals surface area contributed by atoms with E-state index in [4.69, 9.17) is 5.10 Å². The van der Waals surface area contributed by atoms with Gasteiger partial charge in [-0.15, -0.1) is 12.4 Å². The lowest BCUT2D eigenvalue weighted by Gasteiger charge is -2.52. The number of carbonyl (C=O) groups is 2. The third-order valence-corrected chi connectivity index (χ3v) is 10.1. The molecule has 5 rings (SSSR count). The second-order valence-corrected chi connectivity index (χ2v) is 12.7. The average molecular weight is 564 g/mol. The zero-order chi connectivity index (χ0) is 26.9. The number of likely N-dealkylation sites (tertiary alicyclic amines) is 1. The summed E-state index contributed by atoms with van der Waals surface area (Å²) in [7, 11) is 0. The smallest absolute Gasteiger partial charge is 0.246 e. The number of nitrogens with one attached hydrogen (secondary N) is 1. The van der Waals surface area contributed by atoms with Crippen LogP contribution < -0.4 is 5.32 Å². The van der Waals surface area contributed by atoms with Crippen LogP contribution in [0.4, 0.5) is 0 Å². The van der Waals surface area contributed by atoms with Crippen molar-refractivity contribution >= 4 is 24.2 Å². The maximum absolute atomic E-state index is 13.8. The van der Waals surface area contributed by atoms with Crippen LogP contribution in [-0.2, 0) is 16.1 Å². The molecule has 0 bridgehead atoms. The molecule has 2 amide bonds. The predicted octanol–water partition coefficient (Wildman–Crippen LogP) is 4.58. The van der Waals surface area contributed by atoms with Crippen molar-refractivity contribution < 1.29 is 14.7 Å². The molecule has 0 aromatic carbocycles. The lowest BCUT2D eigenvalue weighted by Crippen LogP contribution is -2.73. The Kier molecular flexibility index (Phi) is 9.70. The van der Waals surface area contributed by atoms with Crippen LogP contribution in [-0.4, -0.2) is 73.3 Å². The van der Waals surface area contributed by atoms with Crippen LogP contribution in [0.5, 0.6) is 0 Å². The number of halogens is 1. The highest BCUT2D eigenvalue weighted by molar-refractivity contribution is 6.00. The van der Waals surface area contributed by atoms with E-state index in [2.05, 4.69) is 35.7 Å². The van der Waals surface area contributed by atoms with Crippen molar-refractivity contribution in [1.29, 1.82) is 0 Å². The molecule has 1 atom stereocenters. The molecule has 220 valence electrons. The minimum Gasteiger partial charge on any atom is -0.390 e. The van der Waals surface area contributed by atoms with Crippen molar-refractivity contribution in [1.82, 2.24) is 24.9 Å². The van der Waals surface area contributed by atoms with Crippen molar-refractivity contribution in [2.24, 2.45) is 0 Å². The molecule has 0 radical (unpaired) electrons. The van der Waals surface area contributed by atoms with Crippen molar-refractivity contribution in [2.45, 2.75) is 140 Å².